The number of nitriles is 1. The van der Waals surface area contributed by atoms with Gasteiger partial charge >= 0.3 is 0 Å². The van der Waals surface area contributed by atoms with Gasteiger partial charge in [0.05, 0.1) is 15.6 Å². The van der Waals surface area contributed by atoms with Crippen molar-refractivity contribution in [3.63, 3.8) is 0 Å². The van der Waals surface area contributed by atoms with E-state index >= 15 is 0 Å². The standard InChI is InChI=1S/C12H7ClN4OS/c13-11-7(5-14)12(19-10(11)6-18)17-16-9-4-2-1-3-8(9)15/h1-4,6H,15H2. The fourth-order valence-corrected chi connectivity index (χ4v) is 2.47. The van der Waals surface area contributed by atoms with E-state index in [0.29, 0.717) is 17.7 Å². The average Bonchev–Trinajstić information content (AvgIpc) is 2.73. The molecular formula is C12H7ClN4OS. The van der Waals surface area contributed by atoms with E-state index in [0.717, 1.165) is 11.3 Å². The lowest BCUT2D eigenvalue weighted by Crippen LogP contribution is -1.82. The molecule has 1 heterocycles. The zero-order valence-corrected chi connectivity index (χ0v) is 11.1. The molecule has 0 unspecified atom stereocenters. The van der Waals surface area contributed by atoms with Crippen LogP contribution in [0.4, 0.5) is 16.4 Å². The molecule has 0 fully saturated rings. The first-order valence-corrected chi connectivity index (χ1v) is 6.30. The monoisotopic (exact) mass is 290 g/mol. The zero-order valence-electron chi connectivity index (χ0n) is 9.50. The molecule has 0 saturated carbocycles. The number of nitrogens with zero attached hydrogens (tertiary/aromatic N) is 3. The minimum atomic E-state index is 0.109. The molecule has 0 atom stereocenters. The number of anilines is 1. The summed E-state index contributed by atoms with van der Waals surface area (Å²) in [7, 11) is 0. The third-order valence-corrected chi connectivity index (χ3v) is 3.76. The Hall–Kier alpha value is -2.23. The quantitative estimate of drug-likeness (QED) is 0.524. The number of para-hydroxylation sites is 1. The molecule has 2 rings (SSSR count). The highest BCUT2D eigenvalue weighted by Crippen LogP contribution is 2.38. The summed E-state index contributed by atoms with van der Waals surface area (Å²) >= 11 is 6.89. The van der Waals surface area contributed by atoms with Crippen LogP contribution in [0.1, 0.15) is 15.2 Å². The van der Waals surface area contributed by atoms with Gasteiger partial charge in [-0.1, -0.05) is 23.7 Å². The van der Waals surface area contributed by atoms with Crippen molar-refractivity contribution < 1.29 is 4.79 Å². The normalized spacial score (nSPS) is 10.5. The first kappa shape index (κ1) is 13.2. The van der Waals surface area contributed by atoms with Crippen LogP contribution in [0, 0.1) is 11.3 Å². The second-order valence-corrected chi connectivity index (χ2v) is 4.86. The molecule has 5 nitrogen and oxygen atoms in total. The molecule has 0 amide bonds. The molecule has 0 radical (unpaired) electrons. The molecule has 1 aromatic heterocycles. The maximum absolute atomic E-state index is 10.8. The van der Waals surface area contributed by atoms with Crippen LogP contribution in [0.15, 0.2) is 34.5 Å². The van der Waals surface area contributed by atoms with Crippen LogP contribution in [-0.2, 0) is 0 Å². The Morgan fingerprint density at radius 2 is 2.11 bits per heavy atom. The van der Waals surface area contributed by atoms with Gasteiger partial charge in [0.1, 0.15) is 17.3 Å². The Bertz CT molecular complexity index is 702. The molecule has 2 N–H and O–H groups in total. The van der Waals surface area contributed by atoms with Gasteiger partial charge in [-0.05, 0) is 12.1 Å². The van der Waals surface area contributed by atoms with E-state index in [-0.39, 0.29) is 20.5 Å². The Kier molecular flexibility index (Phi) is 3.90. The van der Waals surface area contributed by atoms with Crippen molar-refractivity contribution in [3.05, 3.63) is 39.7 Å². The van der Waals surface area contributed by atoms with E-state index in [1.807, 2.05) is 6.07 Å². The van der Waals surface area contributed by atoms with Crippen LogP contribution in [0.3, 0.4) is 0 Å². The third kappa shape index (κ3) is 2.62. The van der Waals surface area contributed by atoms with Crippen LogP contribution >= 0.6 is 22.9 Å². The molecule has 0 aliphatic heterocycles. The smallest absolute Gasteiger partial charge is 0.161 e. The molecule has 0 spiro atoms. The largest absolute Gasteiger partial charge is 0.397 e. The molecule has 1 aromatic carbocycles. The minimum absolute atomic E-state index is 0.109. The summed E-state index contributed by atoms with van der Waals surface area (Å²) in [6.07, 6.45) is 0.587. The van der Waals surface area contributed by atoms with Gasteiger partial charge in [0.25, 0.3) is 0 Å². The number of benzene rings is 1. The van der Waals surface area contributed by atoms with Crippen molar-refractivity contribution >= 4 is 45.6 Å². The number of azo groups is 1. The maximum Gasteiger partial charge on any atom is 0.161 e. The van der Waals surface area contributed by atoms with Gasteiger partial charge in [-0.15, -0.1) is 21.6 Å². The van der Waals surface area contributed by atoms with E-state index in [1.165, 1.54) is 0 Å². The Labute approximate surface area is 118 Å². The summed E-state index contributed by atoms with van der Waals surface area (Å²) in [5, 5.41) is 17.3. The van der Waals surface area contributed by atoms with Crippen molar-refractivity contribution in [3.8, 4) is 6.07 Å². The topological polar surface area (TPSA) is 91.6 Å². The lowest BCUT2D eigenvalue weighted by molar-refractivity contribution is 0.112. The van der Waals surface area contributed by atoms with E-state index < -0.39 is 0 Å². The number of carbonyl (C=O) groups excluding carboxylic acids is 1. The summed E-state index contributed by atoms with van der Waals surface area (Å²) in [6.45, 7) is 0. The van der Waals surface area contributed by atoms with Gasteiger partial charge in [0.2, 0.25) is 0 Å². The van der Waals surface area contributed by atoms with Crippen LogP contribution in [0.25, 0.3) is 0 Å². The van der Waals surface area contributed by atoms with Gasteiger partial charge in [0.15, 0.2) is 11.3 Å². The number of hydrogen-bond acceptors (Lipinski definition) is 6. The van der Waals surface area contributed by atoms with E-state index in [1.54, 1.807) is 24.3 Å². The molecule has 0 aliphatic carbocycles. The number of hydrogen-bond donors (Lipinski definition) is 1. The minimum Gasteiger partial charge on any atom is -0.397 e. The summed E-state index contributed by atoms with van der Waals surface area (Å²) in [6, 6.07) is 8.84. The van der Waals surface area contributed by atoms with Gasteiger partial charge < -0.3 is 5.73 Å². The van der Waals surface area contributed by atoms with E-state index in [2.05, 4.69) is 10.2 Å². The highest BCUT2D eigenvalue weighted by molar-refractivity contribution is 7.18. The van der Waals surface area contributed by atoms with Crippen LogP contribution in [0.5, 0.6) is 0 Å². The Morgan fingerprint density at radius 3 is 2.74 bits per heavy atom. The highest BCUT2D eigenvalue weighted by Gasteiger charge is 2.16. The molecule has 19 heavy (non-hydrogen) atoms. The SMILES string of the molecule is N#Cc1c(N=Nc2ccccc2N)sc(C=O)c1Cl. The van der Waals surface area contributed by atoms with Crippen molar-refractivity contribution in [2.75, 3.05) is 5.73 Å². The van der Waals surface area contributed by atoms with Crippen molar-refractivity contribution in [1.82, 2.24) is 0 Å². The van der Waals surface area contributed by atoms with E-state index in [4.69, 9.17) is 22.6 Å². The number of carbonyl (C=O) groups is 1. The molecule has 2 aromatic rings. The fourth-order valence-electron chi connectivity index (χ4n) is 1.34. The molecule has 0 saturated heterocycles. The van der Waals surface area contributed by atoms with Crippen LogP contribution in [-0.4, -0.2) is 6.29 Å². The predicted molar refractivity (Wildman–Crippen MR) is 74.5 cm³/mol. The van der Waals surface area contributed by atoms with Gasteiger partial charge in [-0.25, -0.2) is 0 Å². The Balaban J connectivity index is 2.42. The predicted octanol–water partition coefficient (Wildman–Crippen LogP) is 4.08. The number of aldehydes is 1. The molecule has 7 heteroatoms. The van der Waals surface area contributed by atoms with Crippen molar-refractivity contribution in [1.29, 1.82) is 5.26 Å². The first-order chi connectivity index (χ1) is 9.17. The maximum atomic E-state index is 10.8. The highest BCUT2D eigenvalue weighted by atomic mass is 35.5. The first-order valence-electron chi connectivity index (χ1n) is 5.11. The molecule has 0 aliphatic rings. The number of rotatable bonds is 3. The number of nitrogen functional groups attached to an aromatic ring is 1. The lowest BCUT2D eigenvalue weighted by Gasteiger charge is -1.96. The fraction of sp³-hybridized carbons (Fsp3) is 0. The number of thiophene rings is 1. The van der Waals surface area contributed by atoms with E-state index in [9.17, 15) is 4.79 Å². The van der Waals surface area contributed by atoms with Crippen molar-refractivity contribution in [2.24, 2.45) is 10.2 Å². The molecule has 0 bridgehead atoms. The second kappa shape index (κ2) is 5.61. The summed E-state index contributed by atoms with van der Waals surface area (Å²) < 4.78 is 0. The van der Waals surface area contributed by atoms with Gasteiger partial charge in [-0.3, -0.25) is 4.79 Å². The third-order valence-electron chi connectivity index (χ3n) is 2.26. The molecular weight excluding hydrogens is 284 g/mol. The number of nitrogens with two attached hydrogens (primary N) is 1. The molecule has 94 valence electrons. The van der Waals surface area contributed by atoms with Gasteiger partial charge in [-0.2, -0.15) is 5.26 Å². The lowest BCUT2D eigenvalue weighted by atomic mass is 10.3. The zero-order chi connectivity index (χ0) is 13.8. The van der Waals surface area contributed by atoms with Crippen LogP contribution < -0.4 is 5.73 Å². The van der Waals surface area contributed by atoms with Crippen LogP contribution in [0.2, 0.25) is 5.02 Å². The number of halogens is 1. The summed E-state index contributed by atoms with van der Waals surface area (Å²) in [5.41, 5.74) is 6.83. The Morgan fingerprint density at radius 1 is 1.37 bits per heavy atom. The van der Waals surface area contributed by atoms with Crippen molar-refractivity contribution in [2.45, 2.75) is 0 Å². The summed E-state index contributed by atoms with van der Waals surface area (Å²) in [4.78, 5) is 11.0. The van der Waals surface area contributed by atoms with Gasteiger partial charge in [0, 0.05) is 0 Å². The summed E-state index contributed by atoms with van der Waals surface area (Å²) in [5.74, 6) is 0. The second-order valence-electron chi connectivity index (χ2n) is 3.45. The average molecular weight is 291 g/mol.